The molecule has 0 aromatic carbocycles. The van der Waals surface area contributed by atoms with E-state index in [1.165, 1.54) is 64.2 Å². The number of amides is 1. The van der Waals surface area contributed by atoms with E-state index in [1.54, 1.807) is 0 Å². The summed E-state index contributed by atoms with van der Waals surface area (Å²) in [5.41, 5.74) is 0.986. The monoisotopic (exact) mass is 532 g/mol. The van der Waals surface area contributed by atoms with E-state index < -0.39 is 0 Å². The molecule has 0 aromatic rings. The van der Waals surface area contributed by atoms with Crippen LogP contribution < -0.4 is 5.32 Å². The third-order valence-corrected chi connectivity index (χ3v) is 12.3. The molecule has 3 unspecified atom stereocenters. The second kappa shape index (κ2) is 12.8. The molecular weight excluding hydrogens is 472 g/mol. The van der Waals surface area contributed by atoms with Gasteiger partial charge in [-0.25, -0.2) is 4.79 Å². The number of carbonyl (C=O) groups is 1. The van der Waals surface area contributed by atoms with Crippen LogP contribution in [0.5, 0.6) is 0 Å². The summed E-state index contributed by atoms with van der Waals surface area (Å²) in [6.45, 7) is 14.7. The van der Waals surface area contributed by atoms with Gasteiger partial charge in [0.25, 0.3) is 0 Å². The predicted octanol–water partition coefficient (Wildman–Crippen LogP) is 7.13. The second-order valence-corrected chi connectivity index (χ2v) is 14.9. The maximum absolute atomic E-state index is 12.5. The molecule has 0 aromatic heterocycles. The Morgan fingerprint density at radius 2 is 1.71 bits per heavy atom. The van der Waals surface area contributed by atoms with Crippen LogP contribution in [0.3, 0.4) is 0 Å². The highest BCUT2D eigenvalue weighted by molar-refractivity contribution is 5.67. The molecule has 220 valence electrons. The van der Waals surface area contributed by atoms with Crippen LogP contribution in [0.25, 0.3) is 0 Å². The number of alkyl carbamates (subject to hydrolysis) is 1. The molecule has 4 fully saturated rings. The zero-order valence-electron chi connectivity index (χ0n) is 25.6. The van der Waals surface area contributed by atoms with E-state index in [0.717, 1.165) is 54.9 Å². The molecule has 0 aliphatic heterocycles. The Bertz CT molecular complexity index is 773. The Labute approximate surface area is 234 Å². The lowest BCUT2D eigenvalue weighted by Gasteiger charge is -2.61. The van der Waals surface area contributed by atoms with Gasteiger partial charge in [-0.2, -0.15) is 0 Å². The van der Waals surface area contributed by atoms with Crippen LogP contribution in [-0.4, -0.2) is 55.5 Å². The van der Waals surface area contributed by atoms with Crippen molar-refractivity contribution in [1.29, 1.82) is 0 Å². The minimum absolute atomic E-state index is 0.0659. The van der Waals surface area contributed by atoms with Crippen LogP contribution in [0.15, 0.2) is 0 Å². The van der Waals surface area contributed by atoms with Crippen molar-refractivity contribution in [1.82, 2.24) is 10.2 Å². The number of aliphatic hydroxyl groups is 1. The van der Waals surface area contributed by atoms with Crippen LogP contribution in [0.1, 0.15) is 112 Å². The first kappa shape index (κ1) is 30.2. The lowest BCUT2D eigenvalue weighted by molar-refractivity contribution is -0.129. The highest BCUT2D eigenvalue weighted by atomic mass is 16.6. The summed E-state index contributed by atoms with van der Waals surface area (Å²) >= 11 is 0. The third kappa shape index (κ3) is 6.40. The van der Waals surface area contributed by atoms with Crippen molar-refractivity contribution in [3.8, 4) is 0 Å². The van der Waals surface area contributed by atoms with Gasteiger partial charge in [0.1, 0.15) is 6.10 Å². The Hall–Kier alpha value is -0.810. The van der Waals surface area contributed by atoms with E-state index >= 15 is 0 Å². The predicted molar refractivity (Wildman–Crippen MR) is 156 cm³/mol. The first-order valence-corrected chi connectivity index (χ1v) is 16.3. The van der Waals surface area contributed by atoms with Crippen molar-refractivity contribution >= 4 is 6.09 Å². The summed E-state index contributed by atoms with van der Waals surface area (Å²) in [4.78, 5) is 14.5. The Kier molecular flexibility index (Phi) is 10.2. The lowest BCUT2D eigenvalue weighted by Crippen LogP contribution is -2.54. The van der Waals surface area contributed by atoms with Crippen LogP contribution in [-0.2, 0) is 4.74 Å². The molecule has 4 saturated carbocycles. The number of rotatable bonds is 11. The Morgan fingerprint density at radius 3 is 2.45 bits per heavy atom. The van der Waals surface area contributed by atoms with Crippen molar-refractivity contribution in [2.45, 2.75) is 118 Å². The maximum atomic E-state index is 12.5. The van der Waals surface area contributed by atoms with E-state index in [9.17, 15) is 4.79 Å². The highest BCUT2D eigenvalue weighted by Gasteiger charge is 2.60. The summed E-state index contributed by atoms with van der Waals surface area (Å²) in [6, 6.07) is 0. The molecule has 4 rings (SSSR count). The van der Waals surface area contributed by atoms with E-state index in [0.29, 0.717) is 29.8 Å². The molecular formula is C33H60N2O3. The van der Waals surface area contributed by atoms with Gasteiger partial charge in [-0.1, -0.05) is 53.9 Å². The molecule has 4 aliphatic carbocycles. The Balaban J connectivity index is 1.30. The number of nitrogens with one attached hydrogen (secondary N) is 1. The van der Waals surface area contributed by atoms with E-state index in [1.807, 2.05) is 11.9 Å². The van der Waals surface area contributed by atoms with Crippen LogP contribution >= 0.6 is 0 Å². The van der Waals surface area contributed by atoms with E-state index in [-0.39, 0.29) is 18.8 Å². The van der Waals surface area contributed by atoms with Crippen molar-refractivity contribution in [2.24, 2.45) is 52.3 Å². The summed E-state index contributed by atoms with van der Waals surface area (Å²) in [7, 11) is 1.95. The fourth-order valence-electron chi connectivity index (χ4n) is 10.2. The van der Waals surface area contributed by atoms with Gasteiger partial charge in [-0.3, -0.25) is 0 Å². The van der Waals surface area contributed by atoms with Gasteiger partial charge < -0.3 is 20.1 Å². The normalized spacial score (nSPS) is 39.4. The standard InChI is InChI=1S/C33H60N2O3/c1-23(2)8-7-9-24(3)28-12-13-29-27-11-10-25-22-26(38-31(37)34-18-19-35(6)20-21-36)14-16-32(25,4)30(27)15-17-33(28,29)5/h23-30,36H,7-22H2,1-6H3,(H,34,37)/t24-,25?,26?,27+,28-,29+,30+,32?,33-/m1/s1. The quantitative estimate of drug-likeness (QED) is 0.297. The maximum Gasteiger partial charge on any atom is 0.407 e. The zero-order valence-corrected chi connectivity index (χ0v) is 25.6. The van der Waals surface area contributed by atoms with Crippen LogP contribution in [0.2, 0.25) is 0 Å². The molecule has 0 saturated heterocycles. The molecule has 9 atom stereocenters. The first-order valence-electron chi connectivity index (χ1n) is 16.3. The number of aliphatic hydroxyl groups excluding tert-OH is 1. The fourth-order valence-corrected chi connectivity index (χ4v) is 10.2. The molecule has 5 heteroatoms. The van der Waals surface area contributed by atoms with E-state index in [2.05, 4.69) is 39.9 Å². The second-order valence-electron chi connectivity index (χ2n) is 14.9. The van der Waals surface area contributed by atoms with Gasteiger partial charge in [0.05, 0.1) is 6.61 Å². The molecule has 0 spiro atoms. The number of nitrogens with zero attached hydrogens (tertiary/aromatic N) is 1. The molecule has 1 amide bonds. The SMILES string of the molecule is CC(C)CCC[C@@H](C)[C@H]1CC[C@H]2[C@@H]3CCC4CC(OC(=O)NCCN(C)CCO)CCC4(C)[C@H]3CC[C@]12C. The van der Waals surface area contributed by atoms with Gasteiger partial charge in [0, 0.05) is 19.6 Å². The minimum Gasteiger partial charge on any atom is -0.446 e. The van der Waals surface area contributed by atoms with Crippen LogP contribution in [0.4, 0.5) is 4.79 Å². The minimum atomic E-state index is -0.266. The molecule has 0 bridgehead atoms. The number of fused-ring (bicyclic) bond motifs is 5. The number of carbonyl (C=O) groups excluding carboxylic acids is 1. The topological polar surface area (TPSA) is 61.8 Å². The number of likely N-dealkylation sites (N-methyl/N-ethyl adjacent to an activating group) is 1. The smallest absolute Gasteiger partial charge is 0.407 e. The van der Waals surface area contributed by atoms with Gasteiger partial charge in [-0.05, 0) is 117 Å². The average Bonchev–Trinajstić information content (AvgIpc) is 3.21. The molecule has 2 N–H and O–H groups in total. The number of hydrogen-bond donors (Lipinski definition) is 2. The van der Waals surface area contributed by atoms with Crippen molar-refractivity contribution < 1.29 is 14.6 Å². The zero-order chi connectivity index (χ0) is 27.5. The van der Waals surface area contributed by atoms with Gasteiger partial charge in [0.15, 0.2) is 0 Å². The first-order chi connectivity index (χ1) is 18.1. The van der Waals surface area contributed by atoms with Crippen molar-refractivity contribution in [3.05, 3.63) is 0 Å². The van der Waals surface area contributed by atoms with Gasteiger partial charge >= 0.3 is 6.09 Å². The molecule has 5 nitrogen and oxygen atoms in total. The highest BCUT2D eigenvalue weighted by Crippen LogP contribution is 2.68. The van der Waals surface area contributed by atoms with Crippen LogP contribution in [0, 0.1) is 52.3 Å². The Morgan fingerprint density at radius 1 is 0.974 bits per heavy atom. The third-order valence-electron chi connectivity index (χ3n) is 12.3. The van der Waals surface area contributed by atoms with Gasteiger partial charge in [0.2, 0.25) is 0 Å². The summed E-state index contributed by atoms with van der Waals surface area (Å²) in [5.74, 6) is 6.05. The average molecular weight is 533 g/mol. The fraction of sp³-hybridized carbons (Fsp3) is 0.970. The summed E-state index contributed by atoms with van der Waals surface area (Å²) in [5, 5.41) is 12.0. The molecule has 0 heterocycles. The van der Waals surface area contributed by atoms with Crippen molar-refractivity contribution in [2.75, 3.05) is 33.3 Å². The molecule has 0 radical (unpaired) electrons. The lowest BCUT2D eigenvalue weighted by atomic mass is 9.44. The largest absolute Gasteiger partial charge is 0.446 e. The molecule has 4 aliphatic rings. The number of hydrogen-bond acceptors (Lipinski definition) is 4. The molecule has 38 heavy (non-hydrogen) atoms. The van der Waals surface area contributed by atoms with Gasteiger partial charge in [-0.15, -0.1) is 0 Å². The summed E-state index contributed by atoms with van der Waals surface area (Å²) in [6.07, 6.45) is 15.8. The summed E-state index contributed by atoms with van der Waals surface area (Å²) < 4.78 is 5.92. The van der Waals surface area contributed by atoms with E-state index in [4.69, 9.17) is 9.84 Å². The number of ether oxygens (including phenoxy) is 1. The van der Waals surface area contributed by atoms with Crippen molar-refractivity contribution in [3.63, 3.8) is 0 Å².